The van der Waals surface area contributed by atoms with Crippen LogP contribution in [0.1, 0.15) is 31.5 Å². The summed E-state index contributed by atoms with van der Waals surface area (Å²) in [4.78, 5) is 4.47. The number of nitrogen functional groups attached to an aromatic ring is 1. The fraction of sp³-hybridized carbons (Fsp3) is 0.429. The van der Waals surface area contributed by atoms with E-state index in [9.17, 15) is 0 Å². The summed E-state index contributed by atoms with van der Waals surface area (Å²) in [6.07, 6.45) is 4.08. The average Bonchev–Trinajstić information content (AvgIpc) is 3.10. The molecule has 1 fully saturated rings. The van der Waals surface area contributed by atoms with Crippen LogP contribution >= 0.6 is 11.6 Å². The molecule has 1 heterocycles. The van der Waals surface area contributed by atoms with Crippen LogP contribution in [0.25, 0.3) is 11.5 Å². The highest BCUT2D eigenvalue weighted by Crippen LogP contribution is 2.40. The smallest absolute Gasteiger partial charge is 0.258 e. The molecule has 20 heavy (non-hydrogen) atoms. The number of anilines is 1. The quantitative estimate of drug-likeness (QED) is 0.878. The third kappa shape index (κ3) is 2.17. The van der Waals surface area contributed by atoms with Crippen molar-refractivity contribution in [1.29, 1.82) is 0 Å². The van der Waals surface area contributed by atoms with Crippen molar-refractivity contribution in [3.05, 3.63) is 29.0 Å². The van der Waals surface area contributed by atoms with Gasteiger partial charge < -0.3 is 15.0 Å². The first kappa shape index (κ1) is 13.4. The van der Waals surface area contributed by atoms with Crippen LogP contribution in [0.3, 0.4) is 0 Å². The van der Waals surface area contributed by atoms with Gasteiger partial charge >= 0.3 is 0 Å². The van der Waals surface area contributed by atoms with Crippen molar-refractivity contribution in [3.63, 3.8) is 0 Å². The first-order valence-electron chi connectivity index (χ1n) is 6.59. The number of halogens is 1. The molecule has 3 rings (SSSR count). The van der Waals surface area contributed by atoms with Crippen LogP contribution < -0.4 is 5.73 Å². The minimum Gasteiger partial charge on any atom is -0.398 e. The Morgan fingerprint density at radius 2 is 2.10 bits per heavy atom. The lowest BCUT2D eigenvalue weighted by Crippen LogP contribution is -2.25. The van der Waals surface area contributed by atoms with Gasteiger partial charge in [0.15, 0.2) is 0 Å². The molecular weight excluding hydrogens is 278 g/mol. The third-order valence-electron chi connectivity index (χ3n) is 3.88. The van der Waals surface area contributed by atoms with E-state index in [0.717, 1.165) is 31.2 Å². The van der Waals surface area contributed by atoms with Crippen molar-refractivity contribution >= 4 is 17.3 Å². The van der Waals surface area contributed by atoms with Crippen LogP contribution in [0.5, 0.6) is 0 Å². The Balaban J connectivity index is 1.95. The van der Waals surface area contributed by atoms with Crippen molar-refractivity contribution < 1.29 is 9.26 Å². The molecule has 0 bridgehead atoms. The fourth-order valence-electron chi connectivity index (χ4n) is 2.67. The largest absolute Gasteiger partial charge is 0.398 e. The molecule has 0 amide bonds. The zero-order chi connectivity index (χ0) is 14.2. The number of rotatable bonds is 3. The predicted molar refractivity (Wildman–Crippen MR) is 76.3 cm³/mol. The number of hydrogen-bond donors (Lipinski definition) is 1. The molecule has 0 spiro atoms. The Morgan fingerprint density at radius 1 is 1.35 bits per heavy atom. The van der Waals surface area contributed by atoms with Gasteiger partial charge in [0.1, 0.15) is 5.60 Å². The lowest BCUT2D eigenvalue weighted by molar-refractivity contribution is -0.0178. The number of nitrogens with zero attached hydrogens (tertiary/aromatic N) is 2. The van der Waals surface area contributed by atoms with Crippen LogP contribution in [-0.2, 0) is 10.3 Å². The van der Waals surface area contributed by atoms with E-state index in [4.69, 9.17) is 26.6 Å². The summed E-state index contributed by atoms with van der Waals surface area (Å²) in [5.74, 6) is 1.05. The Kier molecular flexibility index (Phi) is 3.40. The molecule has 0 atom stereocenters. The van der Waals surface area contributed by atoms with E-state index in [1.165, 1.54) is 0 Å². The minimum absolute atomic E-state index is 0.403. The third-order valence-corrected chi connectivity index (χ3v) is 4.22. The second kappa shape index (κ2) is 5.07. The molecule has 0 radical (unpaired) electrons. The number of aromatic nitrogens is 2. The number of hydrogen-bond acceptors (Lipinski definition) is 5. The highest BCUT2D eigenvalue weighted by molar-refractivity contribution is 6.33. The fourth-order valence-corrected chi connectivity index (χ4v) is 2.79. The summed E-state index contributed by atoms with van der Waals surface area (Å²) < 4.78 is 11.0. The predicted octanol–water partition coefficient (Wildman–Crippen LogP) is 3.39. The molecule has 0 saturated heterocycles. The molecule has 1 aromatic heterocycles. The van der Waals surface area contributed by atoms with E-state index in [-0.39, 0.29) is 0 Å². The summed E-state index contributed by atoms with van der Waals surface area (Å²) in [6, 6.07) is 5.26. The van der Waals surface area contributed by atoms with Crippen molar-refractivity contribution in [2.75, 3.05) is 12.8 Å². The number of benzene rings is 1. The molecule has 2 N–H and O–H groups in total. The Morgan fingerprint density at radius 3 is 2.75 bits per heavy atom. The monoisotopic (exact) mass is 293 g/mol. The van der Waals surface area contributed by atoms with Gasteiger partial charge in [0.25, 0.3) is 5.89 Å². The zero-order valence-corrected chi connectivity index (χ0v) is 12.0. The summed E-state index contributed by atoms with van der Waals surface area (Å²) in [7, 11) is 1.70. The van der Waals surface area contributed by atoms with Crippen LogP contribution in [0.15, 0.2) is 22.7 Å². The molecule has 1 aromatic carbocycles. The van der Waals surface area contributed by atoms with Crippen LogP contribution in [0.2, 0.25) is 5.02 Å². The minimum atomic E-state index is -0.403. The molecule has 1 aliphatic rings. The van der Waals surface area contributed by atoms with Gasteiger partial charge in [-0.05, 0) is 43.9 Å². The van der Waals surface area contributed by atoms with Gasteiger partial charge in [-0.25, -0.2) is 0 Å². The second-order valence-electron chi connectivity index (χ2n) is 5.06. The SMILES string of the molecule is COC1(c2noc(-c3ccc(Cl)c(N)c3)n2)CCCC1. The maximum atomic E-state index is 5.91. The standard InChI is InChI=1S/C14H16ClN3O2/c1-19-14(6-2-3-7-14)13-17-12(20-18-13)9-4-5-10(15)11(16)8-9/h4-5,8H,2-3,6-7,16H2,1H3. The Bertz CT molecular complexity index is 621. The zero-order valence-electron chi connectivity index (χ0n) is 11.2. The summed E-state index contributed by atoms with van der Waals surface area (Å²) in [5.41, 5.74) is 6.64. The van der Waals surface area contributed by atoms with E-state index in [1.54, 1.807) is 19.2 Å². The van der Waals surface area contributed by atoms with Gasteiger partial charge in [-0.15, -0.1) is 0 Å². The van der Waals surface area contributed by atoms with Crippen LogP contribution in [-0.4, -0.2) is 17.3 Å². The van der Waals surface area contributed by atoms with Gasteiger partial charge in [0.05, 0.1) is 10.7 Å². The molecule has 2 aromatic rings. The molecule has 106 valence electrons. The number of nitrogens with two attached hydrogens (primary N) is 1. The molecule has 6 heteroatoms. The van der Waals surface area contributed by atoms with Gasteiger partial charge in [-0.3, -0.25) is 0 Å². The van der Waals surface area contributed by atoms with Crippen molar-refractivity contribution in [1.82, 2.24) is 10.1 Å². The summed E-state index contributed by atoms with van der Waals surface area (Å²) in [6.45, 7) is 0. The van der Waals surface area contributed by atoms with Gasteiger partial charge in [0.2, 0.25) is 5.82 Å². The van der Waals surface area contributed by atoms with E-state index in [1.807, 2.05) is 6.07 Å². The van der Waals surface area contributed by atoms with Crippen LogP contribution in [0.4, 0.5) is 5.69 Å². The molecule has 0 unspecified atom stereocenters. The molecule has 1 saturated carbocycles. The summed E-state index contributed by atoms with van der Waals surface area (Å²) in [5, 5.41) is 4.60. The normalized spacial score (nSPS) is 17.5. The highest BCUT2D eigenvalue weighted by atomic mass is 35.5. The van der Waals surface area contributed by atoms with Gasteiger partial charge in [-0.2, -0.15) is 4.98 Å². The van der Waals surface area contributed by atoms with Crippen molar-refractivity contribution in [3.8, 4) is 11.5 Å². The maximum Gasteiger partial charge on any atom is 0.258 e. The number of ether oxygens (including phenoxy) is 1. The first-order chi connectivity index (χ1) is 9.64. The summed E-state index contributed by atoms with van der Waals surface area (Å²) >= 11 is 5.91. The second-order valence-corrected chi connectivity index (χ2v) is 5.47. The average molecular weight is 294 g/mol. The molecule has 0 aliphatic heterocycles. The first-order valence-corrected chi connectivity index (χ1v) is 6.97. The van der Waals surface area contributed by atoms with Gasteiger partial charge in [-0.1, -0.05) is 16.8 Å². The van der Waals surface area contributed by atoms with E-state index in [2.05, 4.69) is 10.1 Å². The molecule has 1 aliphatic carbocycles. The molecular formula is C14H16ClN3O2. The lowest BCUT2D eigenvalue weighted by Gasteiger charge is -2.22. The number of methoxy groups -OCH3 is 1. The van der Waals surface area contributed by atoms with Crippen molar-refractivity contribution in [2.24, 2.45) is 0 Å². The van der Waals surface area contributed by atoms with E-state index >= 15 is 0 Å². The lowest BCUT2D eigenvalue weighted by atomic mass is 10.0. The van der Waals surface area contributed by atoms with E-state index < -0.39 is 5.60 Å². The maximum absolute atomic E-state index is 5.91. The van der Waals surface area contributed by atoms with Crippen LogP contribution in [0, 0.1) is 0 Å². The molecule has 5 nitrogen and oxygen atoms in total. The topological polar surface area (TPSA) is 74.2 Å². The van der Waals surface area contributed by atoms with Crippen molar-refractivity contribution in [2.45, 2.75) is 31.3 Å². The Labute approximate surface area is 122 Å². The van der Waals surface area contributed by atoms with Gasteiger partial charge in [0, 0.05) is 12.7 Å². The highest BCUT2D eigenvalue weighted by Gasteiger charge is 2.40. The van der Waals surface area contributed by atoms with E-state index in [0.29, 0.717) is 22.4 Å². The Hall–Kier alpha value is -1.59.